The Kier molecular flexibility index (Phi) is 4.63. The highest BCUT2D eigenvalue weighted by Gasteiger charge is 2.24. The smallest absolute Gasteiger partial charge is 0.318 e. The van der Waals surface area contributed by atoms with Gasteiger partial charge in [0, 0.05) is 19.6 Å². The van der Waals surface area contributed by atoms with Crippen molar-refractivity contribution < 1.29 is 9.18 Å². The molecule has 6 heteroatoms. The first-order valence-electron chi connectivity index (χ1n) is 7.53. The van der Waals surface area contributed by atoms with Gasteiger partial charge in [-0.25, -0.2) is 9.18 Å². The minimum atomic E-state index is -0.254. The van der Waals surface area contributed by atoms with Crippen LogP contribution >= 0.6 is 11.3 Å². The number of carbonyl (C=O) groups is 1. The highest BCUT2D eigenvalue weighted by molar-refractivity contribution is 7.07. The van der Waals surface area contributed by atoms with Crippen molar-refractivity contribution in [3.63, 3.8) is 0 Å². The van der Waals surface area contributed by atoms with Crippen LogP contribution in [0.15, 0.2) is 35.0 Å². The molecule has 122 valence electrons. The van der Waals surface area contributed by atoms with E-state index in [1.54, 1.807) is 22.3 Å². The van der Waals surface area contributed by atoms with Gasteiger partial charge in [-0.1, -0.05) is 6.07 Å². The lowest BCUT2D eigenvalue weighted by atomic mass is 10.1. The van der Waals surface area contributed by atoms with E-state index >= 15 is 0 Å². The first-order chi connectivity index (χ1) is 11.0. The van der Waals surface area contributed by atoms with Crippen LogP contribution in [0, 0.1) is 5.82 Å². The monoisotopic (exact) mass is 333 g/mol. The molecule has 0 radical (unpaired) electrons. The Labute approximate surface area is 139 Å². The number of halogens is 1. The molecule has 0 unspecified atom stereocenters. The molecule has 0 saturated carbocycles. The van der Waals surface area contributed by atoms with Crippen molar-refractivity contribution in [3.8, 4) is 0 Å². The summed E-state index contributed by atoms with van der Waals surface area (Å²) in [5.74, 6) is -0.254. The van der Waals surface area contributed by atoms with Gasteiger partial charge in [-0.2, -0.15) is 11.3 Å². The molecule has 1 aliphatic rings. The predicted molar refractivity (Wildman–Crippen MR) is 89.8 cm³/mol. The molecule has 4 nitrogen and oxygen atoms in total. The van der Waals surface area contributed by atoms with E-state index in [0.29, 0.717) is 19.6 Å². The molecule has 23 heavy (non-hydrogen) atoms. The molecule has 0 spiro atoms. The number of amides is 2. The van der Waals surface area contributed by atoms with Crippen LogP contribution in [0.2, 0.25) is 0 Å². The summed E-state index contributed by atoms with van der Waals surface area (Å²) in [4.78, 5) is 16.2. The summed E-state index contributed by atoms with van der Waals surface area (Å²) >= 11 is 1.65. The Morgan fingerprint density at radius 3 is 2.83 bits per heavy atom. The summed E-state index contributed by atoms with van der Waals surface area (Å²) in [6.45, 7) is 1.54. The number of carbonyl (C=O) groups excluding carboxylic acids is 1. The molecule has 0 saturated heterocycles. The molecule has 2 heterocycles. The summed E-state index contributed by atoms with van der Waals surface area (Å²) < 4.78 is 13.3. The van der Waals surface area contributed by atoms with Crippen molar-refractivity contribution in [2.24, 2.45) is 0 Å². The Balaban J connectivity index is 1.60. The molecule has 1 N–H and O–H groups in total. The van der Waals surface area contributed by atoms with E-state index in [-0.39, 0.29) is 17.9 Å². The normalized spacial score (nSPS) is 14.9. The molecule has 1 aliphatic heterocycles. The minimum Gasteiger partial charge on any atom is -0.336 e. The molecule has 0 bridgehead atoms. The number of fused-ring (bicyclic) bond motifs is 1. The molecule has 2 aromatic rings. The fourth-order valence-corrected chi connectivity index (χ4v) is 3.57. The van der Waals surface area contributed by atoms with Gasteiger partial charge in [-0.05, 0) is 59.7 Å². The van der Waals surface area contributed by atoms with Crippen molar-refractivity contribution in [1.29, 1.82) is 0 Å². The van der Waals surface area contributed by atoms with Crippen molar-refractivity contribution in [2.75, 3.05) is 20.6 Å². The lowest BCUT2D eigenvalue weighted by molar-refractivity contribution is 0.193. The van der Waals surface area contributed by atoms with Crippen LogP contribution in [0.25, 0.3) is 0 Å². The second-order valence-corrected chi connectivity index (χ2v) is 6.77. The number of thiophene rings is 1. The van der Waals surface area contributed by atoms with E-state index in [2.05, 4.69) is 21.7 Å². The zero-order valence-electron chi connectivity index (χ0n) is 13.3. The second kappa shape index (κ2) is 6.68. The molecule has 0 fully saturated rings. The summed E-state index contributed by atoms with van der Waals surface area (Å²) in [6, 6.07) is 6.83. The third kappa shape index (κ3) is 3.54. The van der Waals surface area contributed by atoms with Gasteiger partial charge in [0.2, 0.25) is 0 Å². The van der Waals surface area contributed by atoms with Gasteiger partial charge in [0.1, 0.15) is 5.82 Å². The third-order valence-electron chi connectivity index (χ3n) is 4.18. The minimum absolute atomic E-state index is 0.108. The SMILES string of the molecule is CN(C)[C@H](CNC(=O)N1Cc2ccc(F)cc2C1)c1ccsc1. The molecule has 2 amide bonds. The average molecular weight is 333 g/mol. The summed E-state index contributed by atoms with van der Waals surface area (Å²) in [7, 11) is 4.01. The zero-order chi connectivity index (χ0) is 16.4. The van der Waals surface area contributed by atoms with E-state index in [9.17, 15) is 9.18 Å². The number of rotatable bonds is 4. The summed E-state index contributed by atoms with van der Waals surface area (Å²) in [5.41, 5.74) is 3.11. The van der Waals surface area contributed by atoms with Crippen molar-refractivity contribution in [3.05, 3.63) is 57.5 Å². The number of benzene rings is 1. The predicted octanol–water partition coefficient (Wildman–Crippen LogP) is 3.22. The van der Waals surface area contributed by atoms with Gasteiger partial charge in [0.15, 0.2) is 0 Å². The van der Waals surface area contributed by atoms with Crippen molar-refractivity contribution in [1.82, 2.24) is 15.1 Å². The van der Waals surface area contributed by atoms with E-state index in [4.69, 9.17) is 0 Å². The molecule has 3 rings (SSSR count). The maximum atomic E-state index is 13.3. The van der Waals surface area contributed by atoms with Gasteiger partial charge < -0.3 is 15.1 Å². The quantitative estimate of drug-likeness (QED) is 0.932. The number of nitrogens with zero attached hydrogens (tertiary/aromatic N) is 2. The number of likely N-dealkylation sites (N-methyl/N-ethyl adjacent to an activating group) is 1. The van der Waals surface area contributed by atoms with Crippen molar-refractivity contribution in [2.45, 2.75) is 19.1 Å². The lowest BCUT2D eigenvalue weighted by Gasteiger charge is -2.25. The molecular weight excluding hydrogens is 313 g/mol. The Morgan fingerprint density at radius 2 is 2.13 bits per heavy atom. The number of nitrogens with one attached hydrogen (secondary N) is 1. The van der Waals surface area contributed by atoms with E-state index in [1.165, 1.54) is 17.7 Å². The van der Waals surface area contributed by atoms with Crippen LogP contribution in [0.5, 0.6) is 0 Å². The van der Waals surface area contributed by atoms with Gasteiger partial charge in [0.05, 0.1) is 6.04 Å². The maximum Gasteiger partial charge on any atom is 0.318 e. The van der Waals surface area contributed by atoms with Crippen LogP contribution in [0.4, 0.5) is 9.18 Å². The van der Waals surface area contributed by atoms with E-state index in [0.717, 1.165) is 11.1 Å². The second-order valence-electron chi connectivity index (χ2n) is 5.99. The van der Waals surface area contributed by atoms with Crippen LogP contribution in [-0.4, -0.2) is 36.5 Å². The zero-order valence-corrected chi connectivity index (χ0v) is 14.1. The third-order valence-corrected chi connectivity index (χ3v) is 4.88. The lowest BCUT2D eigenvalue weighted by Crippen LogP contribution is -2.40. The van der Waals surface area contributed by atoms with Gasteiger partial charge >= 0.3 is 6.03 Å². The van der Waals surface area contributed by atoms with E-state index in [1.807, 2.05) is 19.5 Å². The van der Waals surface area contributed by atoms with Crippen LogP contribution in [-0.2, 0) is 13.1 Å². The van der Waals surface area contributed by atoms with E-state index < -0.39 is 0 Å². The van der Waals surface area contributed by atoms with Gasteiger partial charge in [-0.15, -0.1) is 0 Å². The molecule has 1 aromatic heterocycles. The topological polar surface area (TPSA) is 35.6 Å². The van der Waals surface area contributed by atoms with Crippen LogP contribution < -0.4 is 5.32 Å². The Morgan fingerprint density at radius 1 is 1.35 bits per heavy atom. The first kappa shape index (κ1) is 16.0. The van der Waals surface area contributed by atoms with Gasteiger partial charge in [0.25, 0.3) is 0 Å². The standard InChI is InChI=1S/C17H20FN3OS/c1-20(2)16(13-5-6-23-11-13)8-19-17(22)21-9-12-3-4-15(18)7-14(12)10-21/h3-7,11,16H,8-10H2,1-2H3,(H,19,22)/t16-/m1/s1. The Bertz CT molecular complexity index is 687. The fourth-order valence-electron chi connectivity index (χ4n) is 2.87. The number of hydrogen-bond acceptors (Lipinski definition) is 3. The summed E-state index contributed by atoms with van der Waals surface area (Å²) in [6.07, 6.45) is 0. The highest BCUT2D eigenvalue weighted by Crippen LogP contribution is 2.24. The van der Waals surface area contributed by atoms with Gasteiger partial charge in [-0.3, -0.25) is 0 Å². The highest BCUT2D eigenvalue weighted by atomic mass is 32.1. The molecular formula is C17H20FN3OS. The Hall–Kier alpha value is -1.92. The van der Waals surface area contributed by atoms with Crippen LogP contribution in [0.3, 0.4) is 0 Å². The number of hydrogen-bond donors (Lipinski definition) is 1. The largest absolute Gasteiger partial charge is 0.336 e. The van der Waals surface area contributed by atoms with Crippen molar-refractivity contribution >= 4 is 17.4 Å². The fraction of sp³-hybridized carbons (Fsp3) is 0.353. The molecule has 1 aromatic carbocycles. The summed E-state index contributed by atoms with van der Waals surface area (Å²) in [5, 5.41) is 7.14. The van der Waals surface area contributed by atoms with Crippen LogP contribution in [0.1, 0.15) is 22.7 Å². The number of urea groups is 1. The molecule has 1 atom stereocenters. The molecule has 0 aliphatic carbocycles. The first-order valence-corrected chi connectivity index (χ1v) is 8.47. The maximum absolute atomic E-state index is 13.3. The average Bonchev–Trinajstić information content (AvgIpc) is 3.15.